The number of aliphatic carboxylic acids is 1. The summed E-state index contributed by atoms with van der Waals surface area (Å²) in [5.74, 6) is -1.28. The fourth-order valence-corrected chi connectivity index (χ4v) is 3.04. The maximum Gasteiger partial charge on any atom is 0.326 e. The molecule has 1 unspecified atom stereocenters. The van der Waals surface area contributed by atoms with Crippen LogP contribution in [0.4, 0.5) is 4.79 Å². The number of rotatable bonds is 6. The Bertz CT molecular complexity index is 420. The van der Waals surface area contributed by atoms with Crippen LogP contribution < -0.4 is 16.4 Å². The molecule has 0 saturated carbocycles. The van der Waals surface area contributed by atoms with Crippen LogP contribution in [0.25, 0.3) is 0 Å². The third-order valence-electron chi connectivity index (χ3n) is 4.26. The van der Waals surface area contributed by atoms with E-state index < -0.39 is 23.9 Å². The first-order chi connectivity index (χ1) is 9.95. The standard InChI is InChI=1S/C13H22N4O4/c14-11(18)2-1-9(12(19)20)15-13(21)16-10-7-17-5-3-8(10)4-6-17/h8-10H,1-7H2,(H2,14,18)(H,19,20)(H2,15,16,21)/t9-,10?/m1/s1. The Hall–Kier alpha value is -1.83. The zero-order valence-corrected chi connectivity index (χ0v) is 11.9. The summed E-state index contributed by atoms with van der Waals surface area (Å²) in [5.41, 5.74) is 5.00. The number of nitrogens with one attached hydrogen (secondary N) is 2. The van der Waals surface area contributed by atoms with E-state index in [1.54, 1.807) is 0 Å². The second-order valence-corrected chi connectivity index (χ2v) is 5.76. The van der Waals surface area contributed by atoms with Crippen molar-refractivity contribution in [2.75, 3.05) is 19.6 Å². The fraction of sp³-hybridized carbons (Fsp3) is 0.769. The van der Waals surface area contributed by atoms with Crippen molar-refractivity contribution >= 4 is 17.9 Å². The van der Waals surface area contributed by atoms with Crippen molar-refractivity contribution in [3.8, 4) is 0 Å². The van der Waals surface area contributed by atoms with Gasteiger partial charge in [0.05, 0.1) is 0 Å². The average Bonchev–Trinajstić information content (AvgIpc) is 2.44. The minimum Gasteiger partial charge on any atom is -0.480 e. The number of carbonyl (C=O) groups excluding carboxylic acids is 2. The maximum absolute atomic E-state index is 11.9. The van der Waals surface area contributed by atoms with Crippen LogP contribution in [-0.2, 0) is 9.59 Å². The predicted molar refractivity (Wildman–Crippen MR) is 74.5 cm³/mol. The van der Waals surface area contributed by atoms with Gasteiger partial charge >= 0.3 is 12.0 Å². The molecule has 3 rings (SSSR count). The van der Waals surface area contributed by atoms with Crippen LogP contribution in [0.3, 0.4) is 0 Å². The Morgan fingerprint density at radius 2 is 1.95 bits per heavy atom. The third-order valence-corrected chi connectivity index (χ3v) is 4.26. The molecular weight excluding hydrogens is 276 g/mol. The van der Waals surface area contributed by atoms with Crippen molar-refractivity contribution in [1.82, 2.24) is 15.5 Å². The first-order valence-corrected chi connectivity index (χ1v) is 7.26. The topological polar surface area (TPSA) is 125 Å². The fourth-order valence-electron chi connectivity index (χ4n) is 3.04. The first-order valence-electron chi connectivity index (χ1n) is 7.26. The van der Waals surface area contributed by atoms with E-state index in [2.05, 4.69) is 15.5 Å². The molecule has 0 aliphatic carbocycles. The molecule has 8 nitrogen and oxygen atoms in total. The van der Waals surface area contributed by atoms with Gasteiger partial charge in [-0.2, -0.15) is 0 Å². The van der Waals surface area contributed by atoms with Crippen LogP contribution in [0.1, 0.15) is 25.7 Å². The van der Waals surface area contributed by atoms with Gasteiger partial charge in [-0.3, -0.25) is 4.79 Å². The maximum atomic E-state index is 11.9. The number of carboxylic acids is 1. The number of piperidine rings is 3. The molecule has 3 heterocycles. The minimum atomic E-state index is -1.17. The van der Waals surface area contributed by atoms with Crippen LogP contribution in [-0.4, -0.2) is 59.6 Å². The molecule has 2 atom stereocenters. The smallest absolute Gasteiger partial charge is 0.326 e. The summed E-state index contributed by atoms with van der Waals surface area (Å²) in [4.78, 5) is 36.0. The Morgan fingerprint density at radius 3 is 2.43 bits per heavy atom. The SMILES string of the molecule is NC(=O)CC[C@@H](NC(=O)NC1CN2CCC1CC2)C(=O)O. The van der Waals surface area contributed by atoms with Gasteiger partial charge in [-0.05, 0) is 38.3 Å². The van der Waals surface area contributed by atoms with E-state index in [0.717, 1.165) is 32.5 Å². The predicted octanol–water partition coefficient (Wildman–Crippen LogP) is -0.901. The number of hydrogen-bond acceptors (Lipinski definition) is 4. The van der Waals surface area contributed by atoms with Gasteiger partial charge in [0.15, 0.2) is 0 Å². The highest BCUT2D eigenvalue weighted by Gasteiger charge is 2.35. The van der Waals surface area contributed by atoms with Gasteiger partial charge in [0, 0.05) is 19.0 Å². The summed E-state index contributed by atoms with van der Waals surface area (Å²) in [6.45, 7) is 2.96. The molecule has 0 aromatic heterocycles. The lowest BCUT2D eigenvalue weighted by Crippen LogP contribution is -2.59. The van der Waals surface area contributed by atoms with Crippen LogP contribution in [0.2, 0.25) is 0 Å². The number of fused-ring (bicyclic) bond motifs is 3. The van der Waals surface area contributed by atoms with Crippen LogP contribution in [0.15, 0.2) is 0 Å². The normalized spacial score (nSPS) is 28.7. The lowest BCUT2D eigenvalue weighted by atomic mass is 9.84. The van der Waals surface area contributed by atoms with E-state index in [1.165, 1.54) is 0 Å². The minimum absolute atomic E-state index is 0.00168. The second kappa shape index (κ2) is 6.75. The molecule has 21 heavy (non-hydrogen) atoms. The highest BCUT2D eigenvalue weighted by Crippen LogP contribution is 2.27. The van der Waals surface area contributed by atoms with Crippen molar-refractivity contribution in [2.24, 2.45) is 11.7 Å². The van der Waals surface area contributed by atoms with E-state index in [-0.39, 0.29) is 18.9 Å². The van der Waals surface area contributed by atoms with E-state index in [4.69, 9.17) is 10.8 Å². The number of nitrogens with zero attached hydrogens (tertiary/aromatic N) is 1. The molecular formula is C13H22N4O4. The Morgan fingerprint density at radius 1 is 1.29 bits per heavy atom. The molecule has 0 aromatic rings. The first kappa shape index (κ1) is 15.6. The number of hydrogen-bond donors (Lipinski definition) is 4. The summed E-state index contributed by atoms with van der Waals surface area (Å²) < 4.78 is 0. The zero-order chi connectivity index (χ0) is 15.4. The molecule has 118 valence electrons. The molecule has 3 amide bonds. The molecule has 3 fully saturated rings. The summed E-state index contributed by atoms with van der Waals surface area (Å²) >= 11 is 0. The summed E-state index contributed by atoms with van der Waals surface area (Å²) in [6, 6.07) is -1.53. The highest BCUT2D eigenvalue weighted by molar-refractivity contribution is 5.83. The van der Waals surface area contributed by atoms with Gasteiger partial charge in [0.1, 0.15) is 6.04 Å². The van der Waals surface area contributed by atoms with Crippen molar-refractivity contribution in [3.63, 3.8) is 0 Å². The van der Waals surface area contributed by atoms with Crippen molar-refractivity contribution in [3.05, 3.63) is 0 Å². The van der Waals surface area contributed by atoms with Gasteiger partial charge < -0.3 is 26.4 Å². The largest absolute Gasteiger partial charge is 0.480 e. The molecule has 0 aromatic carbocycles. The molecule has 3 saturated heterocycles. The highest BCUT2D eigenvalue weighted by atomic mass is 16.4. The van der Waals surface area contributed by atoms with Crippen LogP contribution in [0, 0.1) is 5.92 Å². The molecule has 3 aliphatic heterocycles. The van der Waals surface area contributed by atoms with Gasteiger partial charge in [-0.15, -0.1) is 0 Å². The number of urea groups is 1. The quantitative estimate of drug-likeness (QED) is 0.506. The Labute approximate surface area is 123 Å². The van der Waals surface area contributed by atoms with Crippen molar-refractivity contribution in [2.45, 2.75) is 37.8 Å². The van der Waals surface area contributed by atoms with Gasteiger partial charge in [0.25, 0.3) is 0 Å². The monoisotopic (exact) mass is 298 g/mol. The number of amides is 3. The molecule has 5 N–H and O–H groups in total. The second-order valence-electron chi connectivity index (χ2n) is 5.76. The van der Waals surface area contributed by atoms with Crippen LogP contribution in [0.5, 0.6) is 0 Å². The number of primary amides is 1. The van der Waals surface area contributed by atoms with Gasteiger partial charge in [-0.25, -0.2) is 9.59 Å². The number of carbonyl (C=O) groups is 3. The molecule has 0 spiro atoms. The molecule has 2 bridgehead atoms. The summed E-state index contributed by atoms with van der Waals surface area (Å²) in [6.07, 6.45) is 2.05. The number of carboxylic acid groups (broad SMARTS) is 1. The third kappa shape index (κ3) is 4.32. The van der Waals surface area contributed by atoms with E-state index in [9.17, 15) is 14.4 Å². The lowest BCUT2D eigenvalue weighted by molar-refractivity contribution is -0.139. The number of nitrogens with two attached hydrogens (primary N) is 1. The van der Waals surface area contributed by atoms with E-state index in [1.807, 2.05) is 0 Å². The average molecular weight is 298 g/mol. The zero-order valence-electron chi connectivity index (χ0n) is 11.9. The van der Waals surface area contributed by atoms with Crippen molar-refractivity contribution in [1.29, 1.82) is 0 Å². The van der Waals surface area contributed by atoms with Gasteiger partial charge in [0.2, 0.25) is 5.91 Å². The summed E-state index contributed by atoms with van der Waals surface area (Å²) in [5, 5.41) is 14.3. The van der Waals surface area contributed by atoms with Crippen LogP contribution >= 0.6 is 0 Å². The Balaban J connectivity index is 1.81. The molecule has 0 radical (unpaired) electrons. The molecule has 3 aliphatic rings. The van der Waals surface area contributed by atoms with E-state index in [0.29, 0.717) is 5.92 Å². The van der Waals surface area contributed by atoms with E-state index >= 15 is 0 Å². The van der Waals surface area contributed by atoms with Gasteiger partial charge in [-0.1, -0.05) is 0 Å². The molecule has 8 heteroatoms. The Kier molecular flexibility index (Phi) is 5.00. The van der Waals surface area contributed by atoms with Crippen molar-refractivity contribution < 1.29 is 19.5 Å². The summed E-state index contributed by atoms with van der Waals surface area (Å²) in [7, 11) is 0. The lowest BCUT2D eigenvalue weighted by Gasteiger charge is -2.44.